The van der Waals surface area contributed by atoms with Crippen molar-refractivity contribution >= 4 is 17.3 Å². The Balaban J connectivity index is 1.49. The van der Waals surface area contributed by atoms with Gasteiger partial charge in [0.15, 0.2) is 6.61 Å². The lowest BCUT2D eigenvalue weighted by Gasteiger charge is -2.11. The van der Waals surface area contributed by atoms with Crippen LogP contribution in [-0.4, -0.2) is 12.5 Å². The molecular formula is C24H26N2O2. The standard InChI is InChI=1S/C24H26N2O2/c1-17-5-4-6-21(13-17)26-24(27)16-28-22-11-9-20(10-12-22)15-25-23-14-18(2)7-8-19(23)3/h4-14,25H,15-16H2,1-3H3,(H,26,27). The van der Waals surface area contributed by atoms with Crippen molar-refractivity contribution in [2.24, 2.45) is 0 Å². The highest BCUT2D eigenvalue weighted by Crippen LogP contribution is 2.18. The van der Waals surface area contributed by atoms with Gasteiger partial charge >= 0.3 is 0 Å². The highest BCUT2D eigenvalue weighted by Gasteiger charge is 2.05. The van der Waals surface area contributed by atoms with Crippen molar-refractivity contribution < 1.29 is 9.53 Å². The van der Waals surface area contributed by atoms with Gasteiger partial charge in [-0.15, -0.1) is 0 Å². The van der Waals surface area contributed by atoms with Gasteiger partial charge in [0.2, 0.25) is 0 Å². The molecule has 28 heavy (non-hydrogen) atoms. The average Bonchev–Trinajstić information content (AvgIpc) is 2.68. The number of nitrogens with one attached hydrogen (secondary N) is 2. The predicted molar refractivity (Wildman–Crippen MR) is 115 cm³/mol. The van der Waals surface area contributed by atoms with Crippen molar-refractivity contribution in [2.75, 3.05) is 17.2 Å². The summed E-state index contributed by atoms with van der Waals surface area (Å²) in [5.41, 5.74) is 6.64. The van der Waals surface area contributed by atoms with Gasteiger partial charge in [0, 0.05) is 17.9 Å². The van der Waals surface area contributed by atoms with Crippen LogP contribution in [0.3, 0.4) is 0 Å². The molecule has 2 N–H and O–H groups in total. The van der Waals surface area contributed by atoms with E-state index >= 15 is 0 Å². The summed E-state index contributed by atoms with van der Waals surface area (Å²) in [6.45, 7) is 6.89. The summed E-state index contributed by atoms with van der Waals surface area (Å²) in [6.07, 6.45) is 0. The first-order valence-corrected chi connectivity index (χ1v) is 9.39. The van der Waals surface area contributed by atoms with Crippen molar-refractivity contribution in [1.82, 2.24) is 0 Å². The van der Waals surface area contributed by atoms with Gasteiger partial charge in [-0.1, -0.05) is 36.4 Å². The average molecular weight is 374 g/mol. The highest BCUT2D eigenvalue weighted by molar-refractivity contribution is 5.91. The van der Waals surface area contributed by atoms with E-state index in [2.05, 4.69) is 42.7 Å². The second-order valence-corrected chi connectivity index (χ2v) is 7.02. The first-order chi connectivity index (χ1) is 13.5. The van der Waals surface area contributed by atoms with E-state index in [4.69, 9.17) is 4.74 Å². The van der Waals surface area contributed by atoms with E-state index in [1.54, 1.807) is 0 Å². The number of hydrogen-bond acceptors (Lipinski definition) is 3. The molecule has 3 rings (SSSR count). The topological polar surface area (TPSA) is 50.4 Å². The van der Waals surface area contributed by atoms with Crippen LogP contribution in [0, 0.1) is 20.8 Å². The molecule has 0 bridgehead atoms. The second kappa shape index (κ2) is 9.09. The zero-order chi connectivity index (χ0) is 19.9. The summed E-state index contributed by atoms with van der Waals surface area (Å²) in [5.74, 6) is 0.501. The molecule has 0 aliphatic carbocycles. The van der Waals surface area contributed by atoms with E-state index in [-0.39, 0.29) is 12.5 Å². The summed E-state index contributed by atoms with van der Waals surface area (Å²) < 4.78 is 5.59. The number of carbonyl (C=O) groups excluding carboxylic acids is 1. The van der Waals surface area contributed by atoms with Gasteiger partial charge in [-0.2, -0.15) is 0 Å². The monoisotopic (exact) mass is 374 g/mol. The number of amides is 1. The number of hydrogen-bond donors (Lipinski definition) is 2. The molecule has 0 heterocycles. The summed E-state index contributed by atoms with van der Waals surface area (Å²) in [5, 5.41) is 6.31. The van der Waals surface area contributed by atoms with Crippen LogP contribution in [0.25, 0.3) is 0 Å². The number of aryl methyl sites for hydroxylation is 3. The molecule has 3 aromatic rings. The first kappa shape index (κ1) is 19.5. The van der Waals surface area contributed by atoms with Crippen molar-refractivity contribution in [2.45, 2.75) is 27.3 Å². The molecule has 0 aliphatic rings. The molecule has 0 radical (unpaired) electrons. The minimum atomic E-state index is -0.175. The van der Waals surface area contributed by atoms with Crippen LogP contribution in [0.15, 0.2) is 66.7 Å². The maximum absolute atomic E-state index is 12.0. The number of anilines is 2. The lowest BCUT2D eigenvalue weighted by molar-refractivity contribution is -0.118. The Morgan fingerprint density at radius 2 is 1.64 bits per heavy atom. The molecule has 144 valence electrons. The molecule has 0 atom stereocenters. The number of rotatable bonds is 7. The molecule has 0 aromatic heterocycles. The fourth-order valence-corrected chi connectivity index (χ4v) is 2.90. The van der Waals surface area contributed by atoms with Gasteiger partial charge in [0.25, 0.3) is 5.91 Å². The largest absolute Gasteiger partial charge is 0.484 e. The molecule has 0 saturated heterocycles. The normalized spacial score (nSPS) is 10.4. The van der Waals surface area contributed by atoms with Crippen molar-refractivity contribution in [3.63, 3.8) is 0 Å². The van der Waals surface area contributed by atoms with Gasteiger partial charge in [-0.05, 0) is 73.4 Å². The minimum Gasteiger partial charge on any atom is -0.484 e. The molecule has 0 unspecified atom stereocenters. The van der Waals surface area contributed by atoms with E-state index in [1.165, 1.54) is 11.1 Å². The van der Waals surface area contributed by atoms with E-state index in [9.17, 15) is 4.79 Å². The van der Waals surface area contributed by atoms with Crippen LogP contribution >= 0.6 is 0 Å². The third-order valence-electron chi connectivity index (χ3n) is 4.47. The molecule has 3 aromatic carbocycles. The van der Waals surface area contributed by atoms with Crippen molar-refractivity contribution in [3.8, 4) is 5.75 Å². The van der Waals surface area contributed by atoms with Crippen LogP contribution in [-0.2, 0) is 11.3 Å². The predicted octanol–water partition coefficient (Wildman–Crippen LogP) is 5.24. The fourth-order valence-electron chi connectivity index (χ4n) is 2.90. The Morgan fingerprint density at radius 3 is 2.39 bits per heavy atom. The van der Waals surface area contributed by atoms with Crippen molar-refractivity contribution in [1.29, 1.82) is 0 Å². The second-order valence-electron chi connectivity index (χ2n) is 7.02. The summed E-state index contributed by atoms with van der Waals surface area (Å²) in [7, 11) is 0. The summed E-state index contributed by atoms with van der Waals surface area (Å²) in [6, 6.07) is 21.9. The minimum absolute atomic E-state index is 0.0198. The Hall–Kier alpha value is -3.27. The number of ether oxygens (including phenoxy) is 1. The van der Waals surface area contributed by atoms with E-state index in [0.717, 1.165) is 29.0 Å². The molecule has 0 saturated carbocycles. The third-order valence-corrected chi connectivity index (χ3v) is 4.47. The molecule has 0 spiro atoms. The van der Waals surface area contributed by atoms with Gasteiger partial charge < -0.3 is 15.4 Å². The van der Waals surface area contributed by atoms with E-state index in [1.807, 2.05) is 55.5 Å². The summed E-state index contributed by atoms with van der Waals surface area (Å²) in [4.78, 5) is 12.0. The van der Waals surface area contributed by atoms with Gasteiger partial charge in [-0.3, -0.25) is 4.79 Å². The maximum atomic E-state index is 12.0. The van der Waals surface area contributed by atoms with Crippen LogP contribution in [0.4, 0.5) is 11.4 Å². The smallest absolute Gasteiger partial charge is 0.262 e. The van der Waals surface area contributed by atoms with Crippen LogP contribution in [0.5, 0.6) is 5.75 Å². The highest BCUT2D eigenvalue weighted by atomic mass is 16.5. The molecule has 0 aliphatic heterocycles. The van der Waals surface area contributed by atoms with Crippen LogP contribution < -0.4 is 15.4 Å². The Kier molecular flexibility index (Phi) is 6.33. The Morgan fingerprint density at radius 1 is 0.893 bits per heavy atom. The van der Waals surface area contributed by atoms with E-state index in [0.29, 0.717) is 5.75 Å². The molecule has 0 fully saturated rings. The zero-order valence-electron chi connectivity index (χ0n) is 16.6. The molecular weight excluding hydrogens is 348 g/mol. The van der Waals surface area contributed by atoms with Gasteiger partial charge in [-0.25, -0.2) is 0 Å². The quantitative estimate of drug-likeness (QED) is 0.594. The van der Waals surface area contributed by atoms with Crippen LogP contribution in [0.2, 0.25) is 0 Å². The molecule has 4 heteroatoms. The maximum Gasteiger partial charge on any atom is 0.262 e. The molecule has 4 nitrogen and oxygen atoms in total. The van der Waals surface area contributed by atoms with Gasteiger partial charge in [0.1, 0.15) is 5.75 Å². The first-order valence-electron chi connectivity index (χ1n) is 9.39. The lowest BCUT2D eigenvalue weighted by atomic mass is 10.1. The number of benzene rings is 3. The van der Waals surface area contributed by atoms with Gasteiger partial charge in [0.05, 0.1) is 0 Å². The van der Waals surface area contributed by atoms with Crippen LogP contribution in [0.1, 0.15) is 22.3 Å². The van der Waals surface area contributed by atoms with Crippen molar-refractivity contribution in [3.05, 3.63) is 89.0 Å². The zero-order valence-corrected chi connectivity index (χ0v) is 16.6. The SMILES string of the molecule is Cc1cccc(NC(=O)COc2ccc(CNc3cc(C)ccc3C)cc2)c1. The Bertz CT molecular complexity index is 949. The Labute approximate surface area is 166 Å². The fraction of sp³-hybridized carbons (Fsp3) is 0.208. The summed E-state index contributed by atoms with van der Waals surface area (Å²) >= 11 is 0. The lowest BCUT2D eigenvalue weighted by Crippen LogP contribution is -2.20. The van der Waals surface area contributed by atoms with E-state index < -0.39 is 0 Å². The number of carbonyl (C=O) groups is 1. The molecule has 1 amide bonds. The third kappa shape index (κ3) is 5.61.